The maximum atomic E-state index is 12.4. The van der Waals surface area contributed by atoms with E-state index < -0.39 is 17.4 Å². The number of hydrogen-bond acceptors (Lipinski definition) is 4. The number of benzene rings is 1. The summed E-state index contributed by atoms with van der Waals surface area (Å²) in [6, 6.07) is 10.4. The largest absolute Gasteiger partial charge is 0.462 e. The van der Waals surface area contributed by atoms with Crippen LogP contribution in [0.5, 0.6) is 0 Å². The molecule has 0 aliphatic carbocycles. The molecule has 2 aromatic rings. The Morgan fingerprint density at radius 1 is 1.21 bits per heavy atom. The van der Waals surface area contributed by atoms with Crippen molar-refractivity contribution < 1.29 is 14.3 Å². The SMILES string of the molecule is CCOC(=O)c1cc(C(=O)N[C@@H](C)c2ccccc2)c(=O)[nH]c1C. The van der Waals surface area contributed by atoms with Gasteiger partial charge in [-0.3, -0.25) is 9.59 Å². The molecule has 6 heteroatoms. The number of carbonyl (C=O) groups excluding carboxylic acids is 2. The molecule has 0 radical (unpaired) electrons. The minimum absolute atomic E-state index is 0.119. The Morgan fingerprint density at radius 2 is 1.88 bits per heavy atom. The van der Waals surface area contributed by atoms with Gasteiger partial charge in [-0.05, 0) is 32.4 Å². The summed E-state index contributed by atoms with van der Waals surface area (Å²) >= 11 is 0. The van der Waals surface area contributed by atoms with E-state index in [1.165, 1.54) is 6.07 Å². The van der Waals surface area contributed by atoms with Gasteiger partial charge in [0.15, 0.2) is 0 Å². The number of H-pyrrole nitrogens is 1. The van der Waals surface area contributed by atoms with E-state index in [4.69, 9.17) is 4.74 Å². The Balaban J connectivity index is 2.27. The van der Waals surface area contributed by atoms with Gasteiger partial charge in [0.1, 0.15) is 5.56 Å². The number of aryl methyl sites for hydroxylation is 1. The van der Waals surface area contributed by atoms with Crippen LogP contribution < -0.4 is 10.9 Å². The van der Waals surface area contributed by atoms with Gasteiger partial charge in [-0.15, -0.1) is 0 Å². The van der Waals surface area contributed by atoms with E-state index in [2.05, 4.69) is 10.3 Å². The predicted molar refractivity (Wildman–Crippen MR) is 90.1 cm³/mol. The molecule has 1 aromatic heterocycles. The second-order valence-corrected chi connectivity index (χ2v) is 5.38. The van der Waals surface area contributed by atoms with Crippen molar-refractivity contribution >= 4 is 11.9 Å². The van der Waals surface area contributed by atoms with Gasteiger partial charge in [-0.25, -0.2) is 4.79 Å². The fourth-order valence-corrected chi connectivity index (χ4v) is 2.31. The number of ether oxygens (including phenoxy) is 1. The summed E-state index contributed by atoms with van der Waals surface area (Å²) in [5, 5.41) is 2.76. The summed E-state index contributed by atoms with van der Waals surface area (Å²) in [4.78, 5) is 38.9. The smallest absolute Gasteiger partial charge is 0.339 e. The lowest BCUT2D eigenvalue weighted by Gasteiger charge is -2.14. The Bertz CT molecular complexity index is 796. The number of pyridine rings is 1. The predicted octanol–water partition coefficient (Wildman–Crippen LogP) is 2.35. The lowest BCUT2D eigenvalue weighted by Crippen LogP contribution is -2.32. The molecule has 0 unspecified atom stereocenters. The molecule has 0 bridgehead atoms. The summed E-state index contributed by atoms with van der Waals surface area (Å²) in [7, 11) is 0. The van der Waals surface area contributed by atoms with E-state index in [0.29, 0.717) is 5.69 Å². The van der Waals surface area contributed by atoms with E-state index in [1.54, 1.807) is 13.8 Å². The maximum absolute atomic E-state index is 12.4. The van der Waals surface area contributed by atoms with Crippen LogP contribution >= 0.6 is 0 Å². The zero-order valence-electron chi connectivity index (χ0n) is 13.9. The monoisotopic (exact) mass is 328 g/mol. The highest BCUT2D eigenvalue weighted by Gasteiger charge is 2.19. The molecule has 6 nitrogen and oxygen atoms in total. The van der Waals surface area contributed by atoms with Crippen molar-refractivity contribution in [3.8, 4) is 0 Å². The molecule has 0 aliphatic rings. The maximum Gasteiger partial charge on any atom is 0.339 e. The van der Waals surface area contributed by atoms with Crippen LogP contribution in [0.25, 0.3) is 0 Å². The summed E-state index contributed by atoms with van der Waals surface area (Å²) < 4.78 is 4.94. The molecule has 0 saturated carbocycles. The van der Waals surface area contributed by atoms with Crippen LogP contribution in [-0.4, -0.2) is 23.5 Å². The molecule has 126 valence electrons. The van der Waals surface area contributed by atoms with Gasteiger partial charge >= 0.3 is 5.97 Å². The number of nitrogens with one attached hydrogen (secondary N) is 2. The highest BCUT2D eigenvalue weighted by atomic mass is 16.5. The van der Waals surface area contributed by atoms with Gasteiger partial charge in [0.2, 0.25) is 0 Å². The topological polar surface area (TPSA) is 88.3 Å². The molecule has 1 heterocycles. The van der Waals surface area contributed by atoms with Crippen LogP contribution in [0.2, 0.25) is 0 Å². The summed E-state index contributed by atoms with van der Waals surface area (Å²) in [5.41, 5.74) is 0.796. The third-order valence-corrected chi connectivity index (χ3v) is 3.63. The highest BCUT2D eigenvalue weighted by Crippen LogP contribution is 2.13. The standard InChI is InChI=1S/C18H20N2O4/c1-4-24-18(23)14-10-15(17(22)20-12(14)3)16(21)19-11(2)13-8-6-5-7-9-13/h5-11H,4H2,1-3H3,(H,19,21)(H,20,22)/t11-/m0/s1. The first-order valence-electron chi connectivity index (χ1n) is 7.71. The molecular weight excluding hydrogens is 308 g/mol. The van der Waals surface area contributed by atoms with E-state index in [9.17, 15) is 14.4 Å². The summed E-state index contributed by atoms with van der Waals surface area (Å²) in [6.07, 6.45) is 0. The van der Waals surface area contributed by atoms with Crippen LogP contribution in [0, 0.1) is 6.92 Å². The molecule has 0 fully saturated rings. The van der Waals surface area contributed by atoms with Gasteiger partial charge in [-0.2, -0.15) is 0 Å². The zero-order valence-corrected chi connectivity index (χ0v) is 13.9. The van der Waals surface area contributed by atoms with Crippen molar-refractivity contribution in [1.29, 1.82) is 0 Å². The Labute approximate surface area is 139 Å². The normalized spacial score (nSPS) is 11.6. The summed E-state index contributed by atoms with van der Waals surface area (Å²) in [5.74, 6) is -1.12. The minimum Gasteiger partial charge on any atom is -0.462 e. The van der Waals surface area contributed by atoms with Crippen molar-refractivity contribution in [1.82, 2.24) is 10.3 Å². The van der Waals surface area contributed by atoms with Gasteiger partial charge in [-0.1, -0.05) is 30.3 Å². The molecule has 0 saturated heterocycles. The molecule has 2 rings (SSSR count). The van der Waals surface area contributed by atoms with Crippen molar-refractivity contribution in [3.05, 3.63) is 69.1 Å². The summed E-state index contributed by atoms with van der Waals surface area (Å²) in [6.45, 7) is 5.31. The Morgan fingerprint density at radius 3 is 2.50 bits per heavy atom. The quantitative estimate of drug-likeness (QED) is 0.825. The van der Waals surface area contributed by atoms with Crippen LogP contribution in [0.3, 0.4) is 0 Å². The Kier molecular flexibility index (Phi) is 5.52. The molecule has 1 amide bonds. The average Bonchev–Trinajstić information content (AvgIpc) is 2.55. The fraction of sp³-hybridized carbons (Fsp3) is 0.278. The number of esters is 1. The Hall–Kier alpha value is -2.89. The molecular formula is C18H20N2O4. The number of aromatic nitrogens is 1. The van der Waals surface area contributed by atoms with Gasteiger partial charge in [0, 0.05) is 5.69 Å². The molecule has 0 aliphatic heterocycles. The lowest BCUT2D eigenvalue weighted by molar-refractivity contribution is 0.0525. The van der Waals surface area contributed by atoms with E-state index in [1.807, 2.05) is 37.3 Å². The second-order valence-electron chi connectivity index (χ2n) is 5.38. The third-order valence-electron chi connectivity index (χ3n) is 3.63. The van der Waals surface area contributed by atoms with Crippen LogP contribution in [0.4, 0.5) is 0 Å². The number of amides is 1. The molecule has 2 N–H and O–H groups in total. The number of aromatic amines is 1. The number of rotatable bonds is 5. The first kappa shape index (κ1) is 17.5. The molecule has 1 aromatic carbocycles. The van der Waals surface area contributed by atoms with Crippen LogP contribution in [0.1, 0.15) is 51.9 Å². The third kappa shape index (κ3) is 3.90. The lowest BCUT2D eigenvalue weighted by atomic mass is 10.1. The van der Waals surface area contributed by atoms with Gasteiger partial charge in [0.05, 0.1) is 18.2 Å². The first-order valence-corrected chi connectivity index (χ1v) is 7.71. The first-order chi connectivity index (χ1) is 11.4. The van der Waals surface area contributed by atoms with E-state index in [0.717, 1.165) is 5.56 Å². The van der Waals surface area contributed by atoms with Crippen LogP contribution in [-0.2, 0) is 4.74 Å². The van der Waals surface area contributed by atoms with E-state index >= 15 is 0 Å². The minimum atomic E-state index is -0.573. The van der Waals surface area contributed by atoms with Crippen molar-refractivity contribution in [2.24, 2.45) is 0 Å². The number of hydrogen-bond donors (Lipinski definition) is 2. The van der Waals surface area contributed by atoms with Crippen LogP contribution in [0.15, 0.2) is 41.2 Å². The van der Waals surface area contributed by atoms with E-state index in [-0.39, 0.29) is 23.8 Å². The van der Waals surface area contributed by atoms with Gasteiger partial charge in [0.25, 0.3) is 11.5 Å². The van der Waals surface area contributed by atoms with Crippen molar-refractivity contribution in [3.63, 3.8) is 0 Å². The van der Waals surface area contributed by atoms with Gasteiger partial charge < -0.3 is 15.0 Å². The average molecular weight is 328 g/mol. The second kappa shape index (κ2) is 7.59. The molecule has 0 spiro atoms. The molecule has 1 atom stereocenters. The van der Waals surface area contributed by atoms with Crippen molar-refractivity contribution in [2.75, 3.05) is 6.61 Å². The molecule has 24 heavy (non-hydrogen) atoms. The zero-order chi connectivity index (χ0) is 17.7. The fourth-order valence-electron chi connectivity index (χ4n) is 2.31. The van der Waals surface area contributed by atoms with Crippen molar-refractivity contribution in [2.45, 2.75) is 26.8 Å². The number of carbonyl (C=O) groups is 2. The highest BCUT2D eigenvalue weighted by molar-refractivity contribution is 5.98.